The lowest BCUT2D eigenvalue weighted by molar-refractivity contribution is -0.143. The van der Waals surface area contributed by atoms with E-state index in [2.05, 4.69) is 5.16 Å². The third-order valence-corrected chi connectivity index (χ3v) is 3.50. The lowest BCUT2D eigenvalue weighted by Crippen LogP contribution is -2.47. The molecule has 1 fully saturated rings. The van der Waals surface area contributed by atoms with Crippen LogP contribution in [-0.4, -0.2) is 47.7 Å². The summed E-state index contributed by atoms with van der Waals surface area (Å²) in [5.41, 5.74) is 5.18. The predicted octanol–water partition coefficient (Wildman–Crippen LogP) is 0.931. The van der Waals surface area contributed by atoms with Crippen LogP contribution in [0.3, 0.4) is 0 Å². The molecule has 6 nitrogen and oxygen atoms in total. The van der Waals surface area contributed by atoms with Crippen molar-refractivity contribution in [3.05, 3.63) is 0 Å². The summed E-state index contributed by atoms with van der Waals surface area (Å²) >= 11 is 0. The highest BCUT2D eigenvalue weighted by molar-refractivity contribution is 5.87. The number of carbonyl (C=O) groups excluding carboxylic acids is 1. The minimum atomic E-state index is -0.284. The molecule has 3 N–H and O–H groups in total. The standard InChI is InChI=1S/C12H23N3O3/c1-3-7-15(9-10(13)14-17)11(16)8-12(18-2)5-4-6-12/h17H,3-9H2,1-2H3,(H2,13,14). The van der Waals surface area contributed by atoms with Crippen LogP contribution in [0.25, 0.3) is 0 Å². The van der Waals surface area contributed by atoms with Gasteiger partial charge in [0.15, 0.2) is 5.84 Å². The Bertz CT molecular complexity index is 308. The summed E-state index contributed by atoms with van der Waals surface area (Å²) in [6.07, 6.45) is 4.18. The molecule has 0 heterocycles. The zero-order valence-electron chi connectivity index (χ0n) is 11.2. The average Bonchev–Trinajstić information content (AvgIpc) is 2.32. The van der Waals surface area contributed by atoms with E-state index in [4.69, 9.17) is 15.7 Å². The van der Waals surface area contributed by atoms with Crippen molar-refractivity contribution in [3.8, 4) is 0 Å². The average molecular weight is 257 g/mol. The first-order valence-corrected chi connectivity index (χ1v) is 6.36. The molecule has 1 aliphatic rings. The van der Waals surface area contributed by atoms with Crippen LogP contribution in [0.2, 0.25) is 0 Å². The van der Waals surface area contributed by atoms with Crippen molar-refractivity contribution in [1.82, 2.24) is 4.90 Å². The minimum Gasteiger partial charge on any atom is -0.409 e. The predicted molar refractivity (Wildman–Crippen MR) is 68.5 cm³/mol. The number of hydrogen-bond acceptors (Lipinski definition) is 4. The number of oxime groups is 1. The molecular formula is C12H23N3O3. The molecule has 0 atom stereocenters. The highest BCUT2D eigenvalue weighted by atomic mass is 16.5. The number of hydrogen-bond donors (Lipinski definition) is 2. The molecule has 0 saturated heterocycles. The first-order valence-electron chi connectivity index (χ1n) is 6.36. The van der Waals surface area contributed by atoms with Gasteiger partial charge in [0.1, 0.15) is 0 Å². The van der Waals surface area contributed by atoms with E-state index in [1.54, 1.807) is 12.0 Å². The third-order valence-electron chi connectivity index (χ3n) is 3.50. The normalized spacial score (nSPS) is 18.2. The Kier molecular flexibility index (Phi) is 5.40. The molecule has 0 aromatic heterocycles. The van der Waals surface area contributed by atoms with Gasteiger partial charge in [0, 0.05) is 13.7 Å². The summed E-state index contributed by atoms with van der Waals surface area (Å²) in [7, 11) is 1.65. The van der Waals surface area contributed by atoms with Gasteiger partial charge in [-0.25, -0.2) is 0 Å². The Morgan fingerprint density at radius 3 is 2.61 bits per heavy atom. The number of nitrogens with two attached hydrogens (primary N) is 1. The maximum absolute atomic E-state index is 12.2. The fourth-order valence-corrected chi connectivity index (χ4v) is 2.20. The summed E-state index contributed by atoms with van der Waals surface area (Å²) < 4.78 is 5.45. The van der Waals surface area contributed by atoms with Crippen LogP contribution in [0.15, 0.2) is 5.16 Å². The van der Waals surface area contributed by atoms with Gasteiger partial charge in [-0.2, -0.15) is 0 Å². The van der Waals surface area contributed by atoms with E-state index in [1.807, 2.05) is 6.92 Å². The van der Waals surface area contributed by atoms with Gasteiger partial charge in [0.2, 0.25) is 5.91 Å². The molecule has 0 unspecified atom stereocenters. The molecule has 1 rings (SSSR count). The molecule has 104 valence electrons. The van der Waals surface area contributed by atoms with Crippen molar-refractivity contribution >= 4 is 11.7 Å². The molecule has 0 bridgehead atoms. The second-order valence-corrected chi connectivity index (χ2v) is 4.82. The van der Waals surface area contributed by atoms with Crippen LogP contribution in [0.5, 0.6) is 0 Å². The summed E-state index contributed by atoms with van der Waals surface area (Å²) in [4.78, 5) is 13.8. The van der Waals surface area contributed by atoms with Crippen molar-refractivity contribution in [2.24, 2.45) is 10.9 Å². The number of amides is 1. The van der Waals surface area contributed by atoms with Crippen LogP contribution >= 0.6 is 0 Å². The van der Waals surface area contributed by atoms with Crippen LogP contribution in [-0.2, 0) is 9.53 Å². The molecule has 6 heteroatoms. The van der Waals surface area contributed by atoms with Crippen LogP contribution in [0, 0.1) is 0 Å². The van der Waals surface area contributed by atoms with Gasteiger partial charge >= 0.3 is 0 Å². The first kappa shape index (κ1) is 14.8. The van der Waals surface area contributed by atoms with Gasteiger partial charge in [-0.15, -0.1) is 0 Å². The van der Waals surface area contributed by atoms with E-state index < -0.39 is 0 Å². The number of carbonyl (C=O) groups is 1. The van der Waals surface area contributed by atoms with Crippen LogP contribution in [0.1, 0.15) is 39.0 Å². The van der Waals surface area contributed by atoms with E-state index >= 15 is 0 Å². The molecule has 18 heavy (non-hydrogen) atoms. The van der Waals surface area contributed by atoms with Gasteiger partial charge in [0.05, 0.1) is 18.6 Å². The Balaban J connectivity index is 2.58. The number of rotatable bonds is 7. The Hall–Kier alpha value is -1.30. The van der Waals surface area contributed by atoms with Crippen molar-refractivity contribution < 1.29 is 14.7 Å². The summed E-state index contributed by atoms with van der Waals surface area (Å²) in [6, 6.07) is 0. The third kappa shape index (κ3) is 3.60. The van der Waals surface area contributed by atoms with E-state index in [9.17, 15) is 4.79 Å². The van der Waals surface area contributed by atoms with Crippen molar-refractivity contribution in [3.63, 3.8) is 0 Å². The molecule has 0 aliphatic heterocycles. The number of ether oxygens (including phenoxy) is 1. The molecular weight excluding hydrogens is 234 g/mol. The van der Waals surface area contributed by atoms with E-state index in [0.717, 1.165) is 25.7 Å². The zero-order valence-corrected chi connectivity index (χ0v) is 11.2. The molecule has 0 aromatic carbocycles. The lowest BCUT2D eigenvalue weighted by Gasteiger charge is -2.41. The quantitative estimate of drug-likeness (QED) is 0.307. The minimum absolute atomic E-state index is 0.00463. The van der Waals surface area contributed by atoms with E-state index in [0.29, 0.717) is 13.0 Å². The summed E-state index contributed by atoms with van der Waals surface area (Å²) in [5, 5.41) is 11.5. The summed E-state index contributed by atoms with van der Waals surface area (Å²) in [6.45, 7) is 2.76. The van der Waals surface area contributed by atoms with Crippen molar-refractivity contribution in [2.45, 2.75) is 44.6 Å². The SMILES string of the molecule is CCCN(CC(N)=NO)C(=O)CC1(OC)CCC1. The van der Waals surface area contributed by atoms with Gasteiger partial charge in [-0.1, -0.05) is 12.1 Å². The number of amidine groups is 1. The Morgan fingerprint density at radius 2 is 2.22 bits per heavy atom. The highest BCUT2D eigenvalue weighted by Crippen LogP contribution is 2.38. The largest absolute Gasteiger partial charge is 0.409 e. The lowest BCUT2D eigenvalue weighted by atomic mass is 9.77. The van der Waals surface area contributed by atoms with Gasteiger partial charge in [-0.05, 0) is 25.7 Å². The molecule has 1 amide bonds. The maximum atomic E-state index is 12.2. The van der Waals surface area contributed by atoms with Gasteiger partial charge < -0.3 is 20.6 Å². The molecule has 0 radical (unpaired) electrons. The molecule has 0 aromatic rings. The molecule has 1 saturated carbocycles. The molecule has 1 aliphatic carbocycles. The van der Waals surface area contributed by atoms with E-state index in [1.165, 1.54) is 0 Å². The topological polar surface area (TPSA) is 88.1 Å². The second kappa shape index (κ2) is 6.58. The fourth-order valence-electron chi connectivity index (χ4n) is 2.20. The second-order valence-electron chi connectivity index (χ2n) is 4.82. The van der Waals surface area contributed by atoms with E-state index in [-0.39, 0.29) is 23.9 Å². The monoisotopic (exact) mass is 257 g/mol. The first-order chi connectivity index (χ1) is 8.56. The Morgan fingerprint density at radius 1 is 1.56 bits per heavy atom. The van der Waals surface area contributed by atoms with Gasteiger partial charge in [0.25, 0.3) is 0 Å². The van der Waals surface area contributed by atoms with Crippen molar-refractivity contribution in [2.75, 3.05) is 20.2 Å². The highest BCUT2D eigenvalue weighted by Gasteiger charge is 2.40. The van der Waals surface area contributed by atoms with Crippen LogP contribution in [0.4, 0.5) is 0 Å². The number of methoxy groups -OCH3 is 1. The van der Waals surface area contributed by atoms with Gasteiger partial charge in [-0.3, -0.25) is 4.79 Å². The smallest absolute Gasteiger partial charge is 0.225 e. The zero-order chi connectivity index (χ0) is 13.6. The Labute approximate surface area is 108 Å². The van der Waals surface area contributed by atoms with Crippen molar-refractivity contribution in [1.29, 1.82) is 0 Å². The molecule has 0 spiro atoms. The number of nitrogens with zero attached hydrogens (tertiary/aromatic N) is 2. The maximum Gasteiger partial charge on any atom is 0.225 e. The fraction of sp³-hybridized carbons (Fsp3) is 0.833. The summed E-state index contributed by atoms with van der Waals surface area (Å²) in [5.74, 6) is 0.0573. The van der Waals surface area contributed by atoms with Crippen LogP contribution < -0.4 is 5.73 Å².